The molecule has 3 rings (SSSR count). The number of amides is 1. The van der Waals surface area contributed by atoms with Crippen LogP contribution in [-0.2, 0) is 16.6 Å². The molecule has 1 N–H and O–H groups in total. The fraction of sp³-hybridized carbons (Fsp3) is 0.353. The quantitative estimate of drug-likeness (QED) is 0.899. The van der Waals surface area contributed by atoms with Crippen LogP contribution < -0.4 is 4.72 Å². The Morgan fingerprint density at radius 1 is 1.25 bits per heavy atom. The highest BCUT2D eigenvalue weighted by Gasteiger charge is 2.23. The number of nitrogens with zero attached hydrogens (tertiary/aromatic N) is 1. The van der Waals surface area contributed by atoms with Crippen LogP contribution in [0, 0.1) is 6.92 Å². The zero-order valence-corrected chi connectivity index (χ0v) is 14.3. The molecule has 2 aromatic rings. The average Bonchev–Trinajstić information content (AvgIpc) is 3.26. The first-order chi connectivity index (χ1) is 11.5. The Bertz CT molecular complexity index is 822. The summed E-state index contributed by atoms with van der Waals surface area (Å²) >= 11 is 0. The molecule has 1 aliphatic heterocycles. The zero-order valence-electron chi connectivity index (χ0n) is 13.5. The fourth-order valence-corrected chi connectivity index (χ4v) is 3.77. The number of furan rings is 1. The first-order valence-electron chi connectivity index (χ1n) is 7.89. The summed E-state index contributed by atoms with van der Waals surface area (Å²) in [7, 11) is -3.71. The van der Waals surface area contributed by atoms with Gasteiger partial charge in [-0.2, -0.15) is 0 Å². The molecule has 2 heterocycles. The minimum absolute atomic E-state index is 0.0681. The lowest BCUT2D eigenvalue weighted by Crippen LogP contribution is -2.29. The molecule has 7 heteroatoms. The summed E-state index contributed by atoms with van der Waals surface area (Å²) in [5.41, 5.74) is 1.22. The molecule has 24 heavy (non-hydrogen) atoms. The summed E-state index contributed by atoms with van der Waals surface area (Å²) < 4.78 is 32.5. The molecule has 1 saturated heterocycles. The third-order valence-corrected chi connectivity index (χ3v) is 5.56. The molecular weight excluding hydrogens is 328 g/mol. The third kappa shape index (κ3) is 3.52. The lowest BCUT2D eigenvalue weighted by molar-refractivity contribution is 0.0792. The van der Waals surface area contributed by atoms with E-state index >= 15 is 0 Å². The van der Waals surface area contributed by atoms with Crippen molar-refractivity contribution < 1.29 is 17.6 Å². The van der Waals surface area contributed by atoms with E-state index in [0.29, 0.717) is 11.3 Å². The Kier molecular flexibility index (Phi) is 4.73. The van der Waals surface area contributed by atoms with Crippen molar-refractivity contribution in [2.75, 3.05) is 13.1 Å². The first kappa shape index (κ1) is 16.7. The number of aryl methyl sites for hydroxylation is 1. The van der Waals surface area contributed by atoms with E-state index in [4.69, 9.17) is 4.42 Å². The number of rotatable bonds is 5. The van der Waals surface area contributed by atoms with Crippen LogP contribution in [0.4, 0.5) is 0 Å². The molecule has 1 aromatic heterocycles. The predicted octanol–water partition coefficient (Wildman–Crippen LogP) is 2.30. The fourth-order valence-electron chi connectivity index (χ4n) is 2.75. The maximum absolute atomic E-state index is 12.6. The lowest BCUT2D eigenvalue weighted by Gasteiger charge is -2.17. The van der Waals surface area contributed by atoms with Crippen LogP contribution >= 0.6 is 0 Å². The molecular formula is C17H20N2O4S. The van der Waals surface area contributed by atoms with Crippen LogP contribution in [0.25, 0.3) is 0 Å². The summed E-state index contributed by atoms with van der Waals surface area (Å²) in [6.07, 6.45) is 3.48. The summed E-state index contributed by atoms with van der Waals surface area (Å²) in [6, 6.07) is 8.04. The Labute approximate surface area is 141 Å². The second-order valence-corrected chi connectivity index (χ2v) is 7.65. The molecule has 0 radical (unpaired) electrons. The van der Waals surface area contributed by atoms with E-state index in [9.17, 15) is 13.2 Å². The third-order valence-electron chi connectivity index (χ3n) is 4.16. The van der Waals surface area contributed by atoms with Crippen molar-refractivity contribution in [2.24, 2.45) is 0 Å². The van der Waals surface area contributed by atoms with Gasteiger partial charge in [-0.05, 0) is 49.6 Å². The number of hydrogen-bond donors (Lipinski definition) is 1. The topological polar surface area (TPSA) is 79.6 Å². The van der Waals surface area contributed by atoms with Gasteiger partial charge in [-0.25, -0.2) is 13.1 Å². The summed E-state index contributed by atoms with van der Waals surface area (Å²) in [6.45, 7) is 3.34. The van der Waals surface area contributed by atoms with Gasteiger partial charge < -0.3 is 9.32 Å². The highest BCUT2D eigenvalue weighted by atomic mass is 32.2. The number of benzene rings is 1. The van der Waals surface area contributed by atoms with Crippen LogP contribution in [0.1, 0.15) is 34.5 Å². The molecule has 1 aliphatic rings. The number of carbonyl (C=O) groups is 1. The number of hydrogen-bond acceptors (Lipinski definition) is 4. The Balaban J connectivity index is 1.82. The van der Waals surface area contributed by atoms with Gasteiger partial charge in [0.15, 0.2) is 0 Å². The molecule has 6 nitrogen and oxygen atoms in total. The van der Waals surface area contributed by atoms with Crippen molar-refractivity contribution in [3.63, 3.8) is 0 Å². The van der Waals surface area contributed by atoms with E-state index in [0.717, 1.165) is 31.5 Å². The van der Waals surface area contributed by atoms with E-state index in [2.05, 4.69) is 4.72 Å². The lowest BCUT2D eigenvalue weighted by atomic mass is 10.1. The van der Waals surface area contributed by atoms with Gasteiger partial charge >= 0.3 is 0 Å². The van der Waals surface area contributed by atoms with E-state index in [-0.39, 0.29) is 17.3 Å². The maximum Gasteiger partial charge on any atom is 0.254 e. The summed E-state index contributed by atoms with van der Waals surface area (Å²) in [4.78, 5) is 14.4. The van der Waals surface area contributed by atoms with Gasteiger partial charge in [0.2, 0.25) is 10.0 Å². The monoisotopic (exact) mass is 348 g/mol. The van der Waals surface area contributed by atoms with Gasteiger partial charge in [-0.1, -0.05) is 6.07 Å². The Morgan fingerprint density at radius 3 is 2.67 bits per heavy atom. The number of carbonyl (C=O) groups excluding carboxylic acids is 1. The molecule has 1 aromatic carbocycles. The minimum Gasteiger partial charge on any atom is -0.468 e. The molecule has 1 amide bonds. The molecule has 0 atom stereocenters. The van der Waals surface area contributed by atoms with Crippen molar-refractivity contribution in [2.45, 2.75) is 31.2 Å². The average molecular weight is 348 g/mol. The number of nitrogens with one attached hydrogen (secondary N) is 1. The van der Waals surface area contributed by atoms with Gasteiger partial charge in [-0.15, -0.1) is 0 Å². The van der Waals surface area contributed by atoms with Crippen LogP contribution in [0.5, 0.6) is 0 Å². The maximum atomic E-state index is 12.6. The summed E-state index contributed by atoms with van der Waals surface area (Å²) in [5.74, 6) is 0.423. The second-order valence-electron chi connectivity index (χ2n) is 5.88. The van der Waals surface area contributed by atoms with Crippen molar-refractivity contribution in [1.29, 1.82) is 0 Å². The van der Waals surface area contributed by atoms with E-state index in [1.54, 1.807) is 23.1 Å². The molecule has 0 spiro atoms. The molecule has 128 valence electrons. The molecule has 1 fully saturated rings. The van der Waals surface area contributed by atoms with Crippen LogP contribution in [0.3, 0.4) is 0 Å². The van der Waals surface area contributed by atoms with Crippen molar-refractivity contribution in [3.8, 4) is 0 Å². The number of likely N-dealkylation sites (tertiary alicyclic amines) is 1. The zero-order chi connectivity index (χ0) is 17.2. The summed E-state index contributed by atoms with van der Waals surface area (Å²) in [5, 5.41) is 0. The van der Waals surface area contributed by atoms with Gasteiger partial charge in [0, 0.05) is 18.7 Å². The van der Waals surface area contributed by atoms with Crippen LogP contribution in [-0.4, -0.2) is 32.3 Å². The van der Waals surface area contributed by atoms with E-state index < -0.39 is 10.0 Å². The Morgan fingerprint density at radius 2 is 2.00 bits per heavy atom. The molecule has 0 unspecified atom stereocenters. The highest BCUT2D eigenvalue weighted by Crippen LogP contribution is 2.20. The standard InChI is InChI=1S/C17H20N2O4S/c1-13-6-7-15(11-16(13)17(20)19-8-2-3-9-19)24(21,22)18-12-14-5-4-10-23-14/h4-7,10-11,18H,2-3,8-9,12H2,1H3. The van der Waals surface area contributed by atoms with Crippen LogP contribution in [0.2, 0.25) is 0 Å². The van der Waals surface area contributed by atoms with E-state index in [1.165, 1.54) is 18.4 Å². The molecule has 0 aliphatic carbocycles. The SMILES string of the molecule is Cc1ccc(S(=O)(=O)NCc2ccco2)cc1C(=O)N1CCCC1. The van der Waals surface area contributed by atoms with Gasteiger partial charge in [-0.3, -0.25) is 4.79 Å². The normalized spacial score (nSPS) is 15.0. The minimum atomic E-state index is -3.71. The largest absolute Gasteiger partial charge is 0.468 e. The van der Waals surface area contributed by atoms with Crippen molar-refractivity contribution in [3.05, 3.63) is 53.5 Å². The van der Waals surface area contributed by atoms with Crippen molar-refractivity contribution in [1.82, 2.24) is 9.62 Å². The number of sulfonamides is 1. The Hall–Kier alpha value is -2.12. The van der Waals surface area contributed by atoms with Gasteiger partial charge in [0.25, 0.3) is 5.91 Å². The first-order valence-corrected chi connectivity index (χ1v) is 9.38. The predicted molar refractivity (Wildman–Crippen MR) is 89.1 cm³/mol. The molecule has 0 saturated carbocycles. The van der Waals surface area contributed by atoms with Gasteiger partial charge in [0.05, 0.1) is 17.7 Å². The highest BCUT2D eigenvalue weighted by molar-refractivity contribution is 7.89. The smallest absolute Gasteiger partial charge is 0.254 e. The van der Waals surface area contributed by atoms with Gasteiger partial charge in [0.1, 0.15) is 5.76 Å². The van der Waals surface area contributed by atoms with E-state index in [1.807, 2.05) is 6.92 Å². The molecule has 0 bridgehead atoms. The van der Waals surface area contributed by atoms with Crippen LogP contribution in [0.15, 0.2) is 45.9 Å². The van der Waals surface area contributed by atoms with Crippen molar-refractivity contribution >= 4 is 15.9 Å². The second kappa shape index (κ2) is 6.78.